The lowest BCUT2D eigenvalue weighted by Gasteiger charge is -2.30. The van der Waals surface area contributed by atoms with E-state index in [0.29, 0.717) is 18.3 Å². The molecule has 6 heteroatoms. The highest BCUT2D eigenvalue weighted by atomic mass is 19.1. The Morgan fingerprint density at radius 1 is 1.12 bits per heavy atom. The van der Waals surface area contributed by atoms with Crippen molar-refractivity contribution in [1.29, 1.82) is 0 Å². The van der Waals surface area contributed by atoms with E-state index in [1.165, 1.54) is 12.1 Å². The van der Waals surface area contributed by atoms with Crippen molar-refractivity contribution in [2.24, 2.45) is 0 Å². The molecule has 2 aliphatic rings. The minimum atomic E-state index is -0.309. The molecule has 1 amide bonds. The van der Waals surface area contributed by atoms with Gasteiger partial charge in [-0.05, 0) is 63.0 Å². The average Bonchev–Trinajstić information content (AvgIpc) is 3.19. The van der Waals surface area contributed by atoms with Crippen LogP contribution in [0.4, 0.5) is 10.1 Å². The van der Waals surface area contributed by atoms with Gasteiger partial charge in [0.25, 0.3) is 0 Å². The lowest BCUT2D eigenvalue weighted by atomic mass is 10.2. The van der Waals surface area contributed by atoms with Gasteiger partial charge in [-0.25, -0.2) is 4.39 Å². The molecular weight excluding hydrogens is 309 g/mol. The van der Waals surface area contributed by atoms with Crippen molar-refractivity contribution in [3.05, 3.63) is 30.1 Å². The second-order valence-electron chi connectivity index (χ2n) is 6.80. The van der Waals surface area contributed by atoms with Crippen LogP contribution in [0.5, 0.6) is 0 Å². The molecule has 24 heavy (non-hydrogen) atoms. The summed E-state index contributed by atoms with van der Waals surface area (Å²) in [6.07, 6.45) is 4.40. The Balaban J connectivity index is 1.51. The van der Waals surface area contributed by atoms with Crippen molar-refractivity contribution in [2.45, 2.75) is 37.8 Å². The molecule has 0 bridgehead atoms. The van der Waals surface area contributed by atoms with Crippen LogP contribution in [0.25, 0.3) is 0 Å². The Labute approximate surface area is 142 Å². The molecule has 2 atom stereocenters. The standard InChI is InChI=1S/C18H26FN3O2/c19-14-5-7-15(8-6-14)20-18(24)12-22-10-1-3-16(22)11-21-9-2-4-17(21)13-23/h5-8,16-17,23H,1-4,9-13H2,(H,20,24). The molecule has 0 spiro atoms. The summed E-state index contributed by atoms with van der Waals surface area (Å²) in [4.78, 5) is 16.8. The van der Waals surface area contributed by atoms with E-state index in [9.17, 15) is 14.3 Å². The number of hydrogen-bond donors (Lipinski definition) is 2. The van der Waals surface area contributed by atoms with Gasteiger partial charge in [-0.15, -0.1) is 0 Å². The number of aliphatic hydroxyl groups excluding tert-OH is 1. The molecule has 2 unspecified atom stereocenters. The molecule has 1 aromatic rings. The highest BCUT2D eigenvalue weighted by Gasteiger charge is 2.31. The average molecular weight is 335 g/mol. The minimum absolute atomic E-state index is 0.0614. The van der Waals surface area contributed by atoms with Crippen LogP contribution in [-0.4, -0.2) is 65.7 Å². The number of nitrogens with zero attached hydrogens (tertiary/aromatic N) is 2. The van der Waals surface area contributed by atoms with Gasteiger partial charge in [-0.1, -0.05) is 0 Å². The number of aliphatic hydroxyl groups is 1. The third-order valence-electron chi connectivity index (χ3n) is 5.13. The molecule has 2 N–H and O–H groups in total. The molecule has 132 valence electrons. The molecule has 3 rings (SSSR count). The van der Waals surface area contributed by atoms with E-state index in [1.807, 2.05) is 0 Å². The van der Waals surface area contributed by atoms with Crippen LogP contribution in [-0.2, 0) is 4.79 Å². The molecule has 0 aromatic heterocycles. The highest BCUT2D eigenvalue weighted by Crippen LogP contribution is 2.23. The number of halogens is 1. The third-order valence-corrected chi connectivity index (χ3v) is 5.13. The first kappa shape index (κ1) is 17.3. The molecule has 0 saturated carbocycles. The van der Waals surface area contributed by atoms with Gasteiger partial charge >= 0.3 is 0 Å². The number of anilines is 1. The zero-order valence-corrected chi connectivity index (χ0v) is 14.0. The smallest absolute Gasteiger partial charge is 0.238 e. The van der Waals surface area contributed by atoms with Gasteiger partial charge in [0.05, 0.1) is 13.2 Å². The predicted molar refractivity (Wildman–Crippen MR) is 91.3 cm³/mol. The summed E-state index contributed by atoms with van der Waals surface area (Å²) in [5, 5.41) is 12.3. The summed E-state index contributed by atoms with van der Waals surface area (Å²) in [5.41, 5.74) is 0.622. The van der Waals surface area contributed by atoms with Crippen molar-refractivity contribution in [2.75, 3.05) is 38.1 Å². The van der Waals surface area contributed by atoms with Crippen LogP contribution in [0.3, 0.4) is 0 Å². The summed E-state index contributed by atoms with van der Waals surface area (Å²) in [7, 11) is 0. The summed E-state index contributed by atoms with van der Waals surface area (Å²) in [6.45, 7) is 3.48. The van der Waals surface area contributed by atoms with Crippen LogP contribution < -0.4 is 5.32 Å². The van der Waals surface area contributed by atoms with Crippen molar-refractivity contribution in [3.8, 4) is 0 Å². The quantitative estimate of drug-likeness (QED) is 0.831. The van der Waals surface area contributed by atoms with Gasteiger partial charge in [0, 0.05) is 24.3 Å². The number of amides is 1. The Kier molecular flexibility index (Phi) is 5.81. The van der Waals surface area contributed by atoms with Gasteiger partial charge < -0.3 is 10.4 Å². The van der Waals surface area contributed by atoms with Gasteiger partial charge in [0.2, 0.25) is 5.91 Å². The Hall–Kier alpha value is -1.50. The van der Waals surface area contributed by atoms with Crippen molar-refractivity contribution in [1.82, 2.24) is 9.80 Å². The number of carbonyl (C=O) groups excluding carboxylic acids is 1. The van der Waals surface area contributed by atoms with Crippen molar-refractivity contribution in [3.63, 3.8) is 0 Å². The molecule has 2 fully saturated rings. The second-order valence-corrected chi connectivity index (χ2v) is 6.80. The zero-order chi connectivity index (χ0) is 16.9. The fourth-order valence-electron chi connectivity index (χ4n) is 3.84. The topological polar surface area (TPSA) is 55.8 Å². The Bertz CT molecular complexity index is 552. The number of hydrogen-bond acceptors (Lipinski definition) is 4. The summed E-state index contributed by atoms with van der Waals surface area (Å²) < 4.78 is 12.9. The maximum atomic E-state index is 12.9. The van der Waals surface area contributed by atoms with E-state index in [2.05, 4.69) is 15.1 Å². The molecule has 1 aromatic carbocycles. The van der Waals surface area contributed by atoms with E-state index in [-0.39, 0.29) is 24.4 Å². The third kappa shape index (κ3) is 4.32. The number of nitrogens with one attached hydrogen (secondary N) is 1. The lowest BCUT2D eigenvalue weighted by molar-refractivity contribution is -0.117. The fourth-order valence-corrected chi connectivity index (χ4v) is 3.84. The first-order chi connectivity index (χ1) is 11.7. The normalized spacial score (nSPS) is 25.2. The van der Waals surface area contributed by atoms with E-state index in [4.69, 9.17) is 0 Å². The summed E-state index contributed by atoms with van der Waals surface area (Å²) in [5.74, 6) is -0.370. The second kappa shape index (κ2) is 8.05. The fraction of sp³-hybridized carbons (Fsp3) is 0.611. The van der Waals surface area contributed by atoms with Crippen molar-refractivity contribution >= 4 is 11.6 Å². The zero-order valence-electron chi connectivity index (χ0n) is 14.0. The SMILES string of the molecule is O=C(CN1CCCC1CN1CCCC1CO)Nc1ccc(F)cc1. The van der Waals surface area contributed by atoms with Gasteiger partial charge in [0.1, 0.15) is 5.82 Å². The maximum absolute atomic E-state index is 12.9. The highest BCUT2D eigenvalue weighted by molar-refractivity contribution is 5.92. The number of benzene rings is 1. The van der Waals surface area contributed by atoms with E-state index >= 15 is 0 Å². The Morgan fingerprint density at radius 3 is 2.50 bits per heavy atom. The van der Waals surface area contributed by atoms with Crippen LogP contribution in [0.1, 0.15) is 25.7 Å². The van der Waals surface area contributed by atoms with Crippen molar-refractivity contribution < 1.29 is 14.3 Å². The molecule has 0 aliphatic carbocycles. The summed E-state index contributed by atoms with van der Waals surface area (Å²) in [6, 6.07) is 6.49. The number of likely N-dealkylation sites (tertiary alicyclic amines) is 2. The maximum Gasteiger partial charge on any atom is 0.238 e. The lowest BCUT2D eigenvalue weighted by Crippen LogP contribution is -2.45. The number of carbonyl (C=O) groups is 1. The van der Waals surface area contributed by atoms with Crippen LogP contribution in [0.2, 0.25) is 0 Å². The minimum Gasteiger partial charge on any atom is -0.395 e. The van der Waals surface area contributed by atoms with E-state index in [1.54, 1.807) is 12.1 Å². The largest absolute Gasteiger partial charge is 0.395 e. The predicted octanol–water partition coefficient (Wildman–Crippen LogP) is 1.69. The Morgan fingerprint density at radius 2 is 1.79 bits per heavy atom. The molecule has 2 heterocycles. The molecule has 2 aliphatic heterocycles. The molecule has 2 saturated heterocycles. The van der Waals surface area contributed by atoms with Crippen LogP contribution in [0.15, 0.2) is 24.3 Å². The van der Waals surface area contributed by atoms with Crippen LogP contribution in [0, 0.1) is 5.82 Å². The van der Waals surface area contributed by atoms with E-state index in [0.717, 1.165) is 45.3 Å². The first-order valence-electron chi connectivity index (χ1n) is 8.80. The molecule has 5 nitrogen and oxygen atoms in total. The van der Waals surface area contributed by atoms with E-state index < -0.39 is 0 Å². The van der Waals surface area contributed by atoms with Gasteiger partial charge in [-0.3, -0.25) is 14.6 Å². The monoisotopic (exact) mass is 335 g/mol. The molecular formula is C18H26FN3O2. The number of rotatable bonds is 6. The van der Waals surface area contributed by atoms with Gasteiger partial charge in [0.15, 0.2) is 0 Å². The van der Waals surface area contributed by atoms with Gasteiger partial charge in [-0.2, -0.15) is 0 Å². The van der Waals surface area contributed by atoms with Crippen LogP contribution >= 0.6 is 0 Å². The first-order valence-corrected chi connectivity index (χ1v) is 8.80. The molecule has 0 radical (unpaired) electrons. The summed E-state index contributed by atoms with van der Waals surface area (Å²) >= 11 is 0.